The fourth-order valence-electron chi connectivity index (χ4n) is 4.08. The Kier molecular flexibility index (Phi) is 20.8. The van der Waals surface area contributed by atoms with Gasteiger partial charge in [0.2, 0.25) is 6.41 Å². The second kappa shape index (κ2) is 22.1. The standard InChI is InChI=1S/C29H51NO6/c1-5-7-9-11-12-13-14-15-16-18-24(36-29(35)26(30-22-31)20-23(3)4)21-27(32)25(28(33)34)19-17-10-8-6-2/h12-13,15-16,22-27,32H,5-11,14,17-21H2,1-4H3,(H,30,31)(H,33,34)/t24-,25-,26-,27-/m0/s1. The lowest BCUT2D eigenvalue weighted by molar-refractivity contribution is -0.155. The maximum Gasteiger partial charge on any atom is 0.328 e. The molecule has 7 heteroatoms. The van der Waals surface area contributed by atoms with Crippen molar-refractivity contribution in [3.8, 4) is 0 Å². The maximum atomic E-state index is 12.8. The number of aliphatic carboxylic acids is 1. The topological polar surface area (TPSA) is 113 Å². The molecular formula is C29H51NO6. The number of esters is 1. The Morgan fingerprint density at radius 1 is 0.917 bits per heavy atom. The van der Waals surface area contributed by atoms with Crippen LogP contribution in [0.1, 0.15) is 111 Å². The van der Waals surface area contributed by atoms with Gasteiger partial charge in [0, 0.05) is 12.8 Å². The quantitative estimate of drug-likeness (QED) is 0.0678. The minimum atomic E-state index is -1.13. The first-order valence-corrected chi connectivity index (χ1v) is 13.9. The molecule has 0 saturated carbocycles. The average molecular weight is 510 g/mol. The molecule has 208 valence electrons. The SMILES string of the molecule is CCCCCC=CCC=CC[C@@H](C[C@H](O)[C@H](CCCCCC)C(=O)O)OC(=O)[C@H](CC(C)C)NC=O. The molecule has 0 fully saturated rings. The first-order chi connectivity index (χ1) is 17.3. The minimum absolute atomic E-state index is 0.0309. The normalized spacial score (nSPS) is 15.2. The summed E-state index contributed by atoms with van der Waals surface area (Å²) in [6.07, 6.45) is 17.2. The summed E-state index contributed by atoms with van der Waals surface area (Å²) in [6.45, 7) is 8.16. The van der Waals surface area contributed by atoms with Crippen LogP contribution in [0.5, 0.6) is 0 Å². The first kappa shape index (κ1) is 33.8. The summed E-state index contributed by atoms with van der Waals surface area (Å²) in [5.74, 6) is -2.33. The number of hydrogen-bond acceptors (Lipinski definition) is 5. The number of aliphatic hydroxyl groups excluding tert-OH is 1. The van der Waals surface area contributed by atoms with Crippen LogP contribution in [0, 0.1) is 11.8 Å². The van der Waals surface area contributed by atoms with Crippen molar-refractivity contribution in [2.45, 2.75) is 129 Å². The highest BCUT2D eigenvalue weighted by atomic mass is 16.5. The van der Waals surface area contributed by atoms with Crippen LogP contribution in [0.15, 0.2) is 24.3 Å². The van der Waals surface area contributed by atoms with Crippen LogP contribution in [-0.4, -0.2) is 46.8 Å². The molecule has 0 rings (SSSR count). The summed E-state index contributed by atoms with van der Waals surface area (Å²) >= 11 is 0. The molecular weight excluding hydrogens is 458 g/mol. The van der Waals surface area contributed by atoms with Gasteiger partial charge in [0.1, 0.15) is 12.1 Å². The van der Waals surface area contributed by atoms with Crippen molar-refractivity contribution >= 4 is 18.3 Å². The molecule has 0 aromatic heterocycles. The largest absolute Gasteiger partial charge is 0.481 e. The van der Waals surface area contributed by atoms with Crippen molar-refractivity contribution in [1.82, 2.24) is 5.32 Å². The molecule has 0 aliphatic heterocycles. The average Bonchev–Trinajstić information content (AvgIpc) is 2.81. The number of carbonyl (C=O) groups excluding carboxylic acids is 2. The molecule has 7 nitrogen and oxygen atoms in total. The second-order valence-corrected chi connectivity index (χ2v) is 10.0. The molecule has 0 spiro atoms. The Hall–Kier alpha value is -2.15. The summed E-state index contributed by atoms with van der Waals surface area (Å²) < 4.78 is 5.70. The predicted octanol–water partition coefficient (Wildman–Crippen LogP) is 5.95. The van der Waals surface area contributed by atoms with E-state index in [2.05, 4.69) is 31.3 Å². The Morgan fingerprint density at radius 3 is 2.19 bits per heavy atom. The van der Waals surface area contributed by atoms with E-state index in [9.17, 15) is 24.6 Å². The summed E-state index contributed by atoms with van der Waals surface area (Å²) in [4.78, 5) is 35.6. The van der Waals surface area contributed by atoms with Gasteiger partial charge in [-0.25, -0.2) is 4.79 Å². The van der Waals surface area contributed by atoms with E-state index in [1.54, 1.807) is 0 Å². The molecule has 1 amide bonds. The zero-order chi connectivity index (χ0) is 27.2. The van der Waals surface area contributed by atoms with Crippen LogP contribution in [0.2, 0.25) is 0 Å². The Balaban J connectivity index is 5.22. The van der Waals surface area contributed by atoms with E-state index in [1.165, 1.54) is 19.3 Å². The molecule has 0 aromatic carbocycles. The van der Waals surface area contributed by atoms with Crippen molar-refractivity contribution < 1.29 is 29.3 Å². The van der Waals surface area contributed by atoms with Crippen molar-refractivity contribution in [3.05, 3.63) is 24.3 Å². The number of carboxylic acid groups (broad SMARTS) is 1. The number of carbonyl (C=O) groups is 3. The Labute approximate surface area is 218 Å². The van der Waals surface area contributed by atoms with Crippen molar-refractivity contribution in [1.29, 1.82) is 0 Å². The van der Waals surface area contributed by atoms with Crippen LogP contribution in [0.3, 0.4) is 0 Å². The van der Waals surface area contributed by atoms with Gasteiger partial charge in [-0.1, -0.05) is 90.5 Å². The molecule has 3 N–H and O–H groups in total. The van der Waals surface area contributed by atoms with Gasteiger partial charge in [-0.05, 0) is 38.0 Å². The number of carboxylic acids is 1. The molecule has 0 radical (unpaired) electrons. The van der Waals surface area contributed by atoms with Crippen molar-refractivity contribution in [2.75, 3.05) is 0 Å². The number of ether oxygens (including phenoxy) is 1. The zero-order valence-electron chi connectivity index (χ0n) is 23.0. The van der Waals surface area contributed by atoms with Crippen LogP contribution in [-0.2, 0) is 19.1 Å². The third kappa shape index (κ3) is 17.3. The van der Waals surface area contributed by atoms with Gasteiger partial charge in [-0.15, -0.1) is 0 Å². The van der Waals surface area contributed by atoms with Crippen LogP contribution < -0.4 is 5.32 Å². The monoisotopic (exact) mass is 509 g/mol. The number of rotatable bonds is 23. The van der Waals surface area contributed by atoms with E-state index in [1.807, 2.05) is 26.0 Å². The number of unbranched alkanes of at least 4 members (excludes halogenated alkanes) is 6. The second-order valence-electron chi connectivity index (χ2n) is 10.0. The summed E-state index contributed by atoms with van der Waals surface area (Å²) in [5, 5.41) is 23.0. The lowest BCUT2D eigenvalue weighted by atomic mass is 9.91. The van der Waals surface area contributed by atoms with Crippen molar-refractivity contribution in [3.63, 3.8) is 0 Å². The van der Waals surface area contributed by atoms with Crippen LogP contribution in [0.4, 0.5) is 0 Å². The molecule has 36 heavy (non-hydrogen) atoms. The summed E-state index contributed by atoms with van der Waals surface area (Å²) in [7, 11) is 0. The van der Waals surface area contributed by atoms with Gasteiger partial charge >= 0.3 is 11.9 Å². The van der Waals surface area contributed by atoms with E-state index in [0.29, 0.717) is 25.7 Å². The highest BCUT2D eigenvalue weighted by Gasteiger charge is 2.31. The molecule has 0 unspecified atom stereocenters. The van der Waals surface area contributed by atoms with E-state index in [-0.39, 0.29) is 12.3 Å². The third-order valence-electron chi connectivity index (χ3n) is 6.18. The predicted molar refractivity (Wildman–Crippen MR) is 144 cm³/mol. The Morgan fingerprint density at radius 2 is 1.58 bits per heavy atom. The molecule has 0 saturated heterocycles. The van der Waals surface area contributed by atoms with Crippen molar-refractivity contribution in [2.24, 2.45) is 11.8 Å². The molecule has 4 atom stereocenters. The minimum Gasteiger partial charge on any atom is -0.481 e. The molecule has 0 heterocycles. The zero-order valence-corrected chi connectivity index (χ0v) is 23.0. The number of amides is 1. The number of allylic oxidation sites excluding steroid dienone is 3. The van der Waals surface area contributed by atoms with E-state index in [4.69, 9.17) is 4.74 Å². The fraction of sp³-hybridized carbons (Fsp3) is 0.759. The molecule has 0 aliphatic rings. The molecule has 0 bridgehead atoms. The van der Waals surface area contributed by atoms with Gasteiger partial charge in [0.05, 0.1) is 12.0 Å². The summed E-state index contributed by atoms with van der Waals surface area (Å²) in [5.41, 5.74) is 0. The van der Waals surface area contributed by atoms with Gasteiger partial charge in [0.25, 0.3) is 0 Å². The highest BCUT2D eigenvalue weighted by Crippen LogP contribution is 2.22. The van der Waals surface area contributed by atoms with E-state index in [0.717, 1.165) is 38.5 Å². The van der Waals surface area contributed by atoms with Gasteiger partial charge < -0.3 is 20.3 Å². The highest BCUT2D eigenvalue weighted by molar-refractivity contribution is 5.78. The van der Waals surface area contributed by atoms with E-state index >= 15 is 0 Å². The fourth-order valence-corrected chi connectivity index (χ4v) is 4.08. The van der Waals surface area contributed by atoms with E-state index < -0.39 is 36.1 Å². The van der Waals surface area contributed by atoms with Crippen LogP contribution in [0.25, 0.3) is 0 Å². The number of nitrogens with one attached hydrogen (secondary N) is 1. The Bertz CT molecular complexity index is 646. The smallest absolute Gasteiger partial charge is 0.328 e. The third-order valence-corrected chi connectivity index (χ3v) is 6.18. The van der Waals surface area contributed by atoms with Gasteiger partial charge in [0.15, 0.2) is 0 Å². The number of hydrogen-bond donors (Lipinski definition) is 3. The summed E-state index contributed by atoms with van der Waals surface area (Å²) in [6, 6.07) is -0.776. The van der Waals surface area contributed by atoms with Gasteiger partial charge in [-0.3, -0.25) is 9.59 Å². The molecule has 0 aliphatic carbocycles. The van der Waals surface area contributed by atoms with Crippen LogP contribution >= 0.6 is 0 Å². The lowest BCUT2D eigenvalue weighted by Crippen LogP contribution is -2.41. The molecule has 0 aromatic rings. The number of aliphatic hydroxyl groups is 1. The van der Waals surface area contributed by atoms with Gasteiger partial charge in [-0.2, -0.15) is 0 Å². The maximum absolute atomic E-state index is 12.8. The lowest BCUT2D eigenvalue weighted by Gasteiger charge is -2.26. The first-order valence-electron chi connectivity index (χ1n) is 13.9.